The van der Waals surface area contributed by atoms with Crippen LogP contribution >= 0.6 is 0 Å². The second-order valence-corrected chi connectivity index (χ2v) is 3.70. The molecular formula is C11H15N3O. The topological polar surface area (TPSA) is 64.1 Å². The van der Waals surface area contributed by atoms with Gasteiger partial charge in [0.05, 0.1) is 0 Å². The Kier molecular flexibility index (Phi) is 2.60. The van der Waals surface area contributed by atoms with Crippen LogP contribution in [0.5, 0.6) is 0 Å². The predicted molar refractivity (Wildman–Crippen MR) is 60.9 cm³/mol. The first-order chi connectivity index (χ1) is 7.19. The van der Waals surface area contributed by atoms with Crippen LogP contribution in [0.15, 0.2) is 22.6 Å². The van der Waals surface area contributed by atoms with Gasteiger partial charge >= 0.3 is 0 Å². The number of nitrogens with two attached hydrogens (primary N) is 1. The minimum absolute atomic E-state index is 0.260. The Balaban J connectivity index is 2.30. The lowest BCUT2D eigenvalue weighted by atomic mass is 10.2. The fourth-order valence-corrected chi connectivity index (χ4v) is 1.48. The Labute approximate surface area is 88.5 Å². The highest BCUT2D eigenvalue weighted by Gasteiger charge is 2.04. The zero-order valence-corrected chi connectivity index (χ0v) is 8.95. The van der Waals surface area contributed by atoms with E-state index in [0.717, 1.165) is 16.8 Å². The molecule has 1 unspecified atom stereocenters. The van der Waals surface area contributed by atoms with Crippen LogP contribution in [0, 0.1) is 6.92 Å². The highest BCUT2D eigenvalue weighted by molar-refractivity contribution is 5.77. The monoisotopic (exact) mass is 205 g/mol. The van der Waals surface area contributed by atoms with E-state index < -0.39 is 0 Å². The van der Waals surface area contributed by atoms with Crippen molar-refractivity contribution in [2.24, 2.45) is 5.73 Å². The number of nitrogens with zero attached hydrogens (tertiary/aromatic N) is 1. The molecule has 0 bridgehead atoms. The average molecular weight is 205 g/mol. The van der Waals surface area contributed by atoms with Gasteiger partial charge in [0, 0.05) is 25.2 Å². The van der Waals surface area contributed by atoms with Gasteiger partial charge in [0.2, 0.25) is 0 Å². The lowest BCUT2D eigenvalue weighted by Crippen LogP contribution is -2.24. The summed E-state index contributed by atoms with van der Waals surface area (Å²) in [4.78, 5) is 4.27. The highest BCUT2D eigenvalue weighted by atomic mass is 16.3. The summed E-state index contributed by atoms with van der Waals surface area (Å²) in [5.74, 6) is 0.689. The van der Waals surface area contributed by atoms with Gasteiger partial charge < -0.3 is 15.5 Å². The SMILES string of the molecule is Cc1nc2cc(NC(C)CN)ccc2o1. The first-order valence-electron chi connectivity index (χ1n) is 5.03. The molecule has 4 nitrogen and oxygen atoms in total. The number of aromatic nitrogens is 1. The van der Waals surface area contributed by atoms with Crippen LogP contribution in [-0.4, -0.2) is 17.6 Å². The number of nitrogens with one attached hydrogen (secondary N) is 1. The van der Waals surface area contributed by atoms with E-state index in [4.69, 9.17) is 10.2 Å². The molecule has 1 heterocycles. The van der Waals surface area contributed by atoms with E-state index in [-0.39, 0.29) is 6.04 Å². The molecule has 0 saturated heterocycles. The summed E-state index contributed by atoms with van der Waals surface area (Å²) in [5.41, 5.74) is 8.26. The highest BCUT2D eigenvalue weighted by Crippen LogP contribution is 2.19. The van der Waals surface area contributed by atoms with Crippen molar-refractivity contribution in [2.75, 3.05) is 11.9 Å². The second-order valence-electron chi connectivity index (χ2n) is 3.70. The Morgan fingerprint density at radius 3 is 3.07 bits per heavy atom. The maximum Gasteiger partial charge on any atom is 0.192 e. The normalized spacial score (nSPS) is 13.0. The molecule has 0 spiro atoms. The van der Waals surface area contributed by atoms with Gasteiger partial charge in [-0.3, -0.25) is 0 Å². The molecule has 2 aromatic rings. The third kappa shape index (κ3) is 2.10. The van der Waals surface area contributed by atoms with Crippen LogP contribution in [0.1, 0.15) is 12.8 Å². The van der Waals surface area contributed by atoms with Crippen molar-refractivity contribution >= 4 is 16.8 Å². The number of aryl methyl sites for hydroxylation is 1. The molecule has 4 heteroatoms. The third-order valence-electron chi connectivity index (χ3n) is 2.26. The molecule has 0 amide bonds. The van der Waals surface area contributed by atoms with Crippen molar-refractivity contribution in [1.29, 1.82) is 0 Å². The molecular weight excluding hydrogens is 190 g/mol. The molecule has 1 aromatic heterocycles. The van der Waals surface area contributed by atoms with Crippen molar-refractivity contribution in [3.8, 4) is 0 Å². The molecule has 1 aromatic carbocycles. The lowest BCUT2D eigenvalue weighted by molar-refractivity contribution is 0.561. The summed E-state index contributed by atoms with van der Waals surface area (Å²) in [7, 11) is 0. The first kappa shape index (κ1) is 9.98. The van der Waals surface area contributed by atoms with E-state index in [1.807, 2.05) is 32.0 Å². The largest absolute Gasteiger partial charge is 0.441 e. The van der Waals surface area contributed by atoms with Gasteiger partial charge in [0.15, 0.2) is 11.5 Å². The van der Waals surface area contributed by atoms with Crippen molar-refractivity contribution in [1.82, 2.24) is 4.98 Å². The summed E-state index contributed by atoms with van der Waals surface area (Å²) in [6.07, 6.45) is 0. The Morgan fingerprint density at radius 2 is 2.33 bits per heavy atom. The van der Waals surface area contributed by atoms with E-state index >= 15 is 0 Å². The van der Waals surface area contributed by atoms with Gasteiger partial charge in [0.25, 0.3) is 0 Å². The second kappa shape index (κ2) is 3.90. The van der Waals surface area contributed by atoms with E-state index in [1.54, 1.807) is 0 Å². The van der Waals surface area contributed by atoms with Crippen molar-refractivity contribution in [3.05, 3.63) is 24.1 Å². The van der Waals surface area contributed by atoms with E-state index in [9.17, 15) is 0 Å². The minimum Gasteiger partial charge on any atom is -0.441 e. The smallest absolute Gasteiger partial charge is 0.192 e. The van der Waals surface area contributed by atoms with Crippen molar-refractivity contribution < 1.29 is 4.42 Å². The molecule has 0 aliphatic heterocycles. The molecule has 0 aliphatic carbocycles. The molecule has 15 heavy (non-hydrogen) atoms. The predicted octanol–water partition coefficient (Wildman–Crippen LogP) is 1.90. The number of anilines is 1. The maximum atomic E-state index is 5.54. The number of benzene rings is 1. The number of rotatable bonds is 3. The lowest BCUT2D eigenvalue weighted by Gasteiger charge is -2.12. The summed E-state index contributed by atoms with van der Waals surface area (Å²) >= 11 is 0. The Bertz CT molecular complexity index is 464. The Morgan fingerprint density at radius 1 is 1.53 bits per heavy atom. The fourth-order valence-electron chi connectivity index (χ4n) is 1.48. The zero-order valence-electron chi connectivity index (χ0n) is 8.95. The number of oxazole rings is 1. The summed E-state index contributed by atoms with van der Waals surface area (Å²) in [6.45, 7) is 4.49. The third-order valence-corrected chi connectivity index (χ3v) is 2.26. The molecule has 2 rings (SSSR count). The van der Waals surface area contributed by atoms with Crippen LogP contribution in [0.3, 0.4) is 0 Å². The van der Waals surface area contributed by atoms with E-state index in [2.05, 4.69) is 10.3 Å². The molecule has 0 radical (unpaired) electrons. The van der Waals surface area contributed by atoms with Crippen molar-refractivity contribution in [2.45, 2.75) is 19.9 Å². The summed E-state index contributed by atoms with van der Waals surface area (Å²) in [5, 5.41) is 3.29. The number of hydrogen-bond donors (Lipinski definition) is 2. The Hall–Kier alpha value is -1.55. The number of fused-ring (bicyclic) bond motifs is 1. The maximum absolute atomic E-state index is 5.54. The number of hydrogen-bond acceptors (Lipinski definition) is 4. The standard InChI is InChI=1S/C11H15N3O/c1-7(6-12)13-9-3-4-11-10(5-9)14-8(2)15-11/h3-5,7,13H,6,12H2,1-2H3. The van der Waals surface area contributed by atoms with Gasteiger partial charge in [-0.25, -0.2) is 4.98 Å². The van der Waals surface area contributed by atoms with Gasteiger partial charge in [0.1, 0.15) is 5.52 Å². The van der Waals surface area contributed by atoms with Crippen LogP contribution < -0.4 is 11.1 Å². The molecule has 1 atom stereocenters. The van der Waals surface area contributed by atoms with Gasteiger partial charge in [-0.1, -0.05) is 0 Å². The minimum atomic E-state index is 0.260. The first-order valence-corrected chi connectivity index (χ1v) is 5.03. The fraction of sp³-hybridized carbons (Fsp3) is 0.364. The molecule has 80 valence electrons. The summed E-state index contributed by atoms with van der Waals surface area (Å²) < 4.78 is 5.39. The molecule has 3 N–H and O–H groups in total. The van der Waals surface area contributed by atoms with Crippen LogP contribution in [0.2, 0.25) is 0 Å². The molecule has 0 saturated carbocycles. The quantitative estimate of drug-likeness (QED) is 0.803. The van der Waals surface area contributed by atoms with Crippen LogP contribution in [0.25, 0.3) is 11.1 Å². The summed E-state index contributed by atoms with van der Waals surface area (Å²) in [6, 6.07) is 6.12. The molecule has 0 fully saturated rings. The van der Waals surface area contributed by atoms with Crippen LogP contribution in [0.4, 0.5) is 5.69 Å². The van der Waals surface area contributed by atoms with E-state index in [1.165, 1.54) is 0 Å². The average Bonchev–Trinajstić information content (AvgIpc) is 2.57. The van der Waals surface area contributed by atoms with Gasteiger partial charge in [-0.05, 0) is 25.1 Å². The zero-order chi connectivity index (χ0) is 10.8. The van der Waals surface area contributed by atoms with Crippen molar-refractivity contribution in [3.63, 3.8) is 0 Å². The molecule has 0 aliphatic rings. The van der Waals surface area contributed by atoms with Gasteiger partial charge in [-0.2, -0.15) is 0 Å². The van der Waals surface area contributed by atoms with Gasteiger partial charge in [-0.15, -0.1) is 0 Å². The van der Waals surface area contributed by atoms with E-state index in [0.29, 0.717) is 12.4 Å². The van der Waals surface area contributed by atoms with Crippen LogP contribution in [-0.2, 0) is 0 Å².